The topological polar surface area (TPSA) is 50.4 Å². The maximum absolute atomic E-state index is 12.0. The third-order valence-corrected chi connectivity index (χ3v) is 3.70. The second-order valence-corrected chi connectivity index (χ2v) is 5.98. The van der Waals surface area contributed by atoms with Gasteiger partial charge in [-0.1, -0.05) is 35.3 Å². The molecule has 122 valence electrons. The Kier molecular flexibility index (Phi) is 6.13. The lowest BCUT2D eigenvalue weighted by atomic mass is 10.3. The molecule has 23 heavy (non-hydrogen) atoms. The molecule has 0 fully saturated rings. The highest BCUT2D eigenvalue weighted by Crippen LogP contribution is 2.29. The molecule has 0 aliphatic heterocycles. The average Bonchev–Trinajstić information content (AvgIpc) is 2.50. The van der Waals surface area contributed by atoms with Gasteiger partial charge in [-0.25, -0.2) is 0 Å². The number of halogens is 2. The van der Waals surface area contributed by atoms with Crippen LogP contribution < -0.4 is 15.4 Å². The van der Waals surface area contributed by atoms with Crippen molar-refractivity contribution >= 4 is 40.5 Å². The lowest BCUT2D eigenvalue weighted by Gasteiger charge is -2.12. The molecule has 0 aliphatic rings. The molecule has 0 saturated heterocycles. The van der Waals surface area contributed by atoms with Gasteiger partial charge in [-0.3, -0.25) is 4.79 Å². The Bertz CT molecular complexity index is 690. The fraction of sp³-hybridized carbons (Fsp3) is 0.235. The minimum atomic E-state index is -0.218. The molecule has 0 atom stereocenters. The Morgan fingerprint density at radius 1 is 1.17 bits per heavy atom. The first-order valence-electron chi connectivity index (χ1n) is 7.20. The summed E-state index contributed by atoms with van der Waals surface area (Å²) in [5, 5.41) is 6.49. The first-order valence-corrected chi connectivity index (χ1v) is 7.96. The molecule has 4 nitrogen and oxygen atoms in total. The maximum atomic E-state index is 12.0. The summed E-state index contributed by atoms with van der Waals surface area (Å²) in [6, 6.07) is 12.5. The number of carbonyl (C=O) groups excluding carboxylic acids is 1. The number of hydrogen-bond acceptors (Lipinski definition) is 3. The molecule has 0 heterocycles. The summed E-state index contributed by atoms with van der Waals surface area (Å²) in [5.41, 5.74) is 1.29. The van der Waals surface area contributed by atoms with Gasteiger partial charge in [-0.15, -0.1) is 0 Å². The SMILES string of the molecule is CC(C)Oc1cccc(NCC(=O)Nc2cccc(Cl)c2Cl)c1. The van der Waals surface area contributed by atoms with Gasteiger partial charge in [-0.05, 0) is 38.1 Å². The molecule has 2 aromatic rings. The van der Waals surface area contributed by atoms with E-state index in [2.05, 4.69) is 10.6 Å². The first-order chi connectivity index (χ1) is 11.0. The summed E-state index contributed by atoms with van der Waals surface area (Å²) in [5.74, 6) is 0.535. The van der Waals surface area contributed by atoms with Crippen molar-refractivity contribution in [2.24, 2.45) is 0 Å². The smallest absolute Gasteiger partial charge is 0.243 e. The molecule has 2 rings (SSSR count). The number of carbonyl (C=O) groups is 1. The highest BCUT2D eigenvalue weighted by Gasteiger charge is 2.08. The van der Waals surface area contributed by atoms with Crippen molar-refractivity contribution in [2.75, 3.05) is 17.2 Å². The molecular formula is C17H18Cl2N2O2. The van der Waals surface area contributed by atoms with Crippen LogP contribution in [0.2, 0.25) is 10.0 Å². The molecule has 0 aromatic heterocycles. The first kappa shape index (κ1) is 17.4. The van der Waals surface area contributed by atoms with Crippen LogP contribution in [0.3, 0.4) is 0 Å². The number of benzene rings is 2. The zero-order valence-corrected chi connectivity index (χ0v) is 14.4. The Balaban J connectivity index is 1.93. The summed E-state index contributed by atoms with van der Waals surface area (Å²) in [7, 11) is 0. The molecular weight excluding hydrogens is 335 g/mol. The number of ether oxygens (including phenoxy) is 1. The fourth-order valence-electron chi connectivity index (χ4n) is 1.93. The van der Waals surface area contributed by atoms with Crippen molar-refractivity contribution in [1.82, 2.24) is 0 Å². The van der Waals surface area contributed by atoms with E-state index in [1.165, 1.54) is 0 Å². The van der Waals surface area contributed by atoms with E-state index in [1.54, 1.807) is 18.2 Å². The van der Waals surface area contributed by atoms with Crippen molar-refractivity contribution in [2.45, 2.75) is 20.0 Å². The van der Waals surface area contributed by atoms with E-state index < -0.39 is 0 Å². The van der Waals surface area contributed by atoms with Gasteiger partial charge < -0.3 is 15.4 Å². The predicted octanol–water partition coefficient (Wildman–Crippen LogP) is 4.83. The van der Waals surface area contributed by atoms with Crippen molar-refractivity contribution < 1.29 is 9.53 Å². The van der Waals surface area contributed by atoms with Crippen LogP contribution in [0.4, 0.5) is 11.4 Å². The standard InChI is InChI=1S/C17H18Cl2N2O2/c1-11(2)23-13-6-3-5-12(9-13)20-10-16(22)21-15-8-4-7-14(18)17(15)19/h3-9,11,20H,10H2,1-2H3,(H,21,22). The quantitative estimate of drug-likeness (QED) is 0.782. The van der Waals surface area contributed by atoms with Crippen molar-refractivity contribution in [3.05, 3.63) is 52.5 Å². The zero-order valence-electron chi connectivity index (χ0n) is 12.9. The van der Waals surface area contributed by atoms with E-state index >= 15 is 0 Å². The number of anilines is 2. The molecule has 1 amide bonds. The molecule has 0 aliphatic carbocycles. The molecule has 2 aromatic carbocycles. The van der Waals surface area contributed by atoms with E-state index in [0.29, 0.717) is 15.7 Å². The highest BCUT2D eigenvalue weighted by molar-refractivity contribution is 6.44. The number of hydrogen-bond donors (Lipinski definition) is 2. The molecule has 0 radical (unpaired) electrons. The Hall–Kier alpha value is -1.91. The zero-order chi connectivity index (χ0) is 16.8. The molecule has 0 bridgehead atoms. The van der Waals surface area contributed by atoms with Crippen LogP contribution in [-0.4, -0.2) is 18.6 Å². The van der Waals surface area contributed by atoms with Gasteiger partial charge in [0.15, 0.2) is 0 Å². The normalized spacial score (nSPS) is 10.5. The van der Waals surface area contributed by atoms with Gasteiger partial charge in [0.2, 0.25) is 5.91 Å². The van der Waals surface area contributed by atoms with Gasteiger partial charge >= 0.3 is 0 Å². The van der Waals surface area contributed by atoms with Gasteiger partial charge in [0, 0.05) is 11.8 Å². The van der Waals surface area contributed by atoms with Gasteiger partial charge in [-0.2, -0.15) is 0 Å². The number of rotatable bonds is 6. The molecule has 0 unspecified atom stereocenters. The highest BCUT2D eigenvalue weighted by atomic mass is 35.5. The van der Waals surface area contributed by atoms with Crippen molar-refractivity contribution in [3.63, 3.8) is 0 Å². The largest absolute Gasteiger partial charge is 0.491 e. The van der Waals surface area contributed by atoms with E-state index in [-0.39, 0.29) is 18.6 Å². The van der Waals surface area contributed by atoms with Crippen LogP contribution in [0.15, 0.2) is 42.5 Å². The molecule has 6 heteroatoms. The van der Waals surface area contributed by atoms with E-state index in [0.717, 1.165) is 11.4 Å². The minimum absolute atomic E-state index is 0.0959. The monoisotopic (exact) mass is 352 g/mol. The summed E-state index contributed by atoms with van der Waals surface area (Å²) < 4.78 is 5.61. The predicted molar refractivity (Wildman–Crippen MR) is 95.8 cm³/mol. The van der Waals surface area contributed by atoms with Gasteiger partial charge in [0.25, 0.3) is 0 Å². The Labute approximate surface area is 145 Å². The summed E-state index contributed by atoms with van der Waals surface area (Å²) in [6.07, 6.45) is 0.0959. The van der Waals surface area contributed by atoms with E-state index in [4.69, 9.17) is 27.9 Å². The molecule has 2 N–H and O–H groups in total. The third kappa shape index (κ3) is 5.34. The lowest BCUT2D eigenvalue weighted by molar-refractivity contribution is -0.114. The summed E-state index contributed by atoms with van der Waals surface area (Å²) in [4.78, 5) is 12.0. The van der Waals surface area contributed by atoms with Crippen LogP contribution in [0.5, 0.6) is 5.75 Å². The second kappa shape index (κ2) is 8.09. The van der Waals surface area contributed by atoms with E-state index in [1.807, 2.05) is 38.1 Å². The second-order valence-electron chi connectivity index (χ2n) is 5.20. The van der Waals surface area contributed by atoms with Crippen LogP contribution in [0.25, 0.3) is 0 Å². The van der Waals surface area contributed by atoms with Crippen molar-refractivity contribution in [3.8, 4) is 5.75 Å². The number of nitrogens with one attached hydrogen (secondary N) is 2. The van der Waals surface area contributed by atoms with E-state index in [9.17, 15) is 4.79 Å². The van der Waals surface area contributed by atoms with Crippen molar-refractivity contribution in [1.29, 1.82) is 0 Å². The van der Waals surface area contributed by atoms with Crippen LogP contribution in [-0.2, 0) is 4.79 Å². The van der Waals surface area contributed by atoms with Crippen LogP contribution in [0.1, 0.15) is 13.8 Å². The lowest BCUT2D eigenvalue weighted by Crippen LogP contribution is -2.22. The average molecular weight is 353 g/mol. The number of amides is 1. The summed E-state index contributed by atoms with van der Waals surface area (Å²) in [6.45, 7) is 4.03. The molecule has 0 saturated carbocycles. The maximum Gasteiger partial charge on any atom is 0.243 e. The Morgan fingerprint density at radius 3 is 2.65 bits per heavy atom. The summed E-state index contributed by atoms with van der Waals surface area (Å²) >= 11 is 12.0. The van der Waals surface area contributed by atoms with Crippen LogP contribution >= 0.6 is 23.2 Å². The van der Waals surface area contributed by atoms with Gasteiger partial charge in [0.05, 0.1) is 28.4 Å². The van der Waals surface area contributed by atoms with Gasteiger partial charge in [0.1, 0.15) is 5.75 Å². The minimum Gasteiger partial charge on any atom is -0.491 e. The fourth-order valence-corrected chi connectivity index (χ4v) is 2.28. The third-order valence-electron chi connectivity index (χ3n) is 2.88. The molecule has 0 spiro atoms. The van der Waals surface area contributed by atoms with Crippen LogP contribution in [0, 0.1) is 0 Å². The Morgan fingerprint density at radius 2 is 1.91 bits per heavy atom.